The Labute approximate surface area is 137 Å². The van der Waals surface area contributed by atoms with Gasteiger partial charge in [-0.2, -0.15) is 0 Å². The van der Waals surface area contributed by atoms with Crippen molar-refractivity contribution in [1.29, 1.82) is 0 Å². The van der Waals surface area contributed by atoms with E-state index >= 15 is 0 Å². The van der Waals surface area contributed by atoms with Crippen LogP contribution in [0.1, 0.15) is 36.4 Å². The molecule has 1 fully saturated rings. The quantitative estimate of drug-likeness (QED) is 0.892. The molecule has 120 valence electrons. The molecule has 1 saturated carbocycles. The molecule has 1 unspecified atom stereocenters. The fourth-order valence-electron chi connectivity index (χ4n) is 3.47. The van der Waals surface area contributed by atoms with Crippen molar-refractivity contribution in [2.24, 2.45) is 17.6 Å². The first-order valence-electron chi connectivity index (χ1n) is 8.25. The Balaban J connectivity index is 1.83. The number of nitrogens with two attached hydrogens (primary N) is 1. The van der Waals surface area contributed by atoms with Crippen LogP contribution < -0.4 is 11.1 Å². The topological polar surface area (TPSA) is 68.0 Å². The first-order valence-corrected chi connectivity index (χ1v) is 8.25. The number of hydrogen-bond donors (Lipinski definition) is 2. The third-order valence-electron chi connectivity index (χ3n) is 4.76. The van der Waals surface area contributed by atoms with E-state index in [1.54, 1.807) is 12.4 Å². The lowest BCUT2D eigenvalue weighted by Gasteiger charge is -2.24. The number of pyridine rings is 1. The lowest BCUT2D eigenvalue weighted by atomic mass is 9.93. The molecule has 1 aromatic carbocycles. The number of hydrogen-bond acceptors (Lipinski definition) is 3. The van der Waals surface area contributed by atoms with Gasteiger partial charge in [-0.15, -0.1) is 0 Å². The summed E-state index contributed by atoms with van der Waals surface area (Å²) in [4.78, 5) is 16.9. The molecule has 4 heteroatoms. The highest BCUT2D eigenvalue weighted by molar-refractivity contribution is 5.80. The van der Waals surface area contributed by atoms with Gasteiger partial charge >= 0.3 is 0 Å². The maximum Gasteiger partial charge on any atom is 0.224 e. The summed E-state index contributed by atoms with van der Waals surface area (Å²) < 4.78 is 0. The zero-order valence-electron chi connectivity index (χ0n) is 13.2. The Bertz CT molecular complexity index is 590. The highest BCUT2D eigenvalue weighted by Crippen LogP contribution is 2.32. The van der Waals surface area contributed by atoms with Gasteiger partial charge in [0.2, 0.25) is 5.91 Å². The van der Waals surface area contributed by atoms with Crippen LogP contribution in [0.5, 0.6) is 0 Å². The number of rotatable bonds is 5. The molecule has 0 bridgehead atoms. The highest BCUT2D eigenvalue weighted by atomic mass is 16.2. The smallest absolute Gasteiger partial charge is 0.224 e. The molecule has 0 radical (unpaired) electrons. The van der Waals surface area contributed by atoms with E-state index in [9.17, 15) is 4.79 Å². The van der Waals surface area contributed by atoms with E-state index in [2.05, 4.69) is 10.3 Å². The predicted molar refractivity (Wildman–Crippen MR) is 90.6 cm³/mol. The summed E-state index contributed by atoms with van der Waals surface area (Å²) >= 11 is 0. The van der Waals surface area contributed by atoms with Crippen molar-refractivity contribution in [2.45, 2.75) is 25.3 Å². The van der Waals surface area contributed by atoms with Gasteiger partial charge in [0.1, 0.15) is 0 Å². The van der Waals surface area contributed by atoms with E-state index in [4.69, 9.17) is 5.73 Å². The average molecular weight is 309 g/mol. The number of benzene rings is 1. The van der Waals surface area contributed by atoms with Gasteiger partial charge in [-0.05, 0) is 48.6 Å². The van der Waals surface area contributed by atoms with Crippen LogP contribution >= 0.6 is 0 Å². The van der Waals surface area contributed by atoms with Crippen LogP contribution in [-0.4, -0.2) is 17.4 Å². The molecule has 1 aliphatic rings. The maximum absolute atomic E-state index is 12.8. The van der Waals surface area contributed by atoms with Crippen molar-refractivity contribution < 1.29 is 4.79 Å². The number of nitrogens with one attached hydrogen (secondary N) is 1. The summed E-state index contributed by atoms with van der Waals surface area (Å²) in [6, 6.07) is 13.8. The van der Waals surface area contributed by atoms with E-state index < -0.39 is 0 Å². The molecule has 1 aliphatic carbocycles. The molecule has 1 aromatic heterocycles. The third-order valence-corrected chi connectivity index (χ3v) is 4.76. The Morgan fingerprint density at radius 3 is 2.52 bits per heavy atom. The fraction of sp³-hybridized carbons (Fsp3) is 0.368. The van der Waals surface area contributed by atoms with E-state index in [1.807, 2.05) is 42.5 Å². The summed E-state index contributed by atoms with van der Waals surface area (Å²) in [5, 5.41) is 3.23. The van der Waals surface area contributed by atoms with E-state index in [1.165, 1.54) is 0 Å². The molecule has 1 heterocycles. The van der Waals surface area contributed by atoms with Gasteiger partial charge in [0, 0.05) is 18.3 Å². The number of aromatic nitrogens is 1. The van der Waals surface area contributed by atoms with Crippen LogP contribution in [0.4, 0.5) is 0 Å². The van der Waals surface area contributed by atoms with Crippen molar-refractivity contribution >= 4 is 5.91 Å². The van der Waals surface area contributed by atoms with Gasteiger partial charge in [0.25, 0.3) is 0 Å². The summed E-state index contributed by atoms with van der Waals surface area (Å²) in [5.41, 5.74) is 7.95. The van der Waals surface area contributed by atoms with Crippen molar-refractivity contribution in [3.05, 3.63) is 66.0 Å². The molecule has 23 heavy (non-hydrogen) atoms. The van der Waals surface area contributed by atoms with Crippen molar-refractivity contribution in [3.63, 3.8) is 0 Å². The zero-order chi connectivity index (χ0) is 16.1. The number of nitrogens with zero attached hydrogens (tertiary/aromatic N) is 1. The SMILES string of the molecule is NC[C@H]1CCC[C@H]1C(=O)NC(c1ccccc1)c1ccncc1. The predicted octanol–water partition coefficient (Wildman–Crippen LogP) is 2.66. The minimum absolute atomic E-state index is 0.0352. The standard InChI is InChI=1S/C19H23N3O/c20-13-16-7-4-8-17(16)19(23)22-18(14-5-2-1-3-6-14)15-9-11-21-12-10-15/h1-3,5-6,9-12,16-18H,4,7-8,13,20H2,(H,22,23)/t16-,17-,18?/m1/s1. The molecule has 0 aliphatic heterocycles. The molecule has 3 rings (SSSR count). The van der Waals surface area contributed by atoms with Gasteiger partial charge in [-0.25, -0.2) is 0 Å². The largest absolute Gasteiger partial charge is 0.345 e. The van der Waals surface area contributed by atoms with Crippen LogP contribution in [0, 0.1) is 11.8 Å². The van der Waals surface area contributed by atoms with Crippen molar-refractivity contribution in [1.82, 2.24) is 10.3 Å². The fourth-order valence-corrected chi connectivity index (χ4v) is 3.47. The summed E-state index contributed by atoms with van der Waals surface area (Å²) in [7, 11) is 0. The van der Waals surface area contributed by atoms with Gasteiger partial charge in [0.15, 0.2) is 0 Å². The molecular weight excluding hydrogens is 286 g/mol. The van der Waals surface area contributed by atoms with Gasteiger partial charge in [-0.1, -0.05) is 36.8 Å². The molecule has 1 amide bonds. The Kier molecular flexibility index (Phi) is 5.03. The number of carbonyl (C=O) groups is 1. The summed E-state index contributed by atoms with van der Waals surface area (Å²) in [6.07, 6.45) is 6.60. The van der Waals surface area contributed by atoms with Crippen LogP contribution in [-0.2, 0) is 4.79 Å². The minimum atomic E-state index is -0.147. The molecule has 3 N–H and O–H groups in total. The van der Waals surface area contributed by atoms with Gasteiger partial charge < -0.3 is 11.1 Å². The van der Waals surface area contributed by atoms with Crippen molar-refractivity contribution in [3.8, 4) is 0 Å². The van der Waals surface area contributed by atoms with Crippen LogP contribution in [0.3, 0.4) is 0 Å². The molecule has 3 atom stereocenters. The average Bonchev–Trinajstić information content (AvgIpc) is 3.10. The van der Waals surface area contributed by atoms with Gasteiger partial charge in [0.05, 0.1) is 6.04 Å². The molecule has 0 spiro atoms. The monoisotopic (exact) mass is 309 g/mol. The Morgan fingerprint density at radius 2 is 1.83 bits per heavy atom. The lowest BCUT2D eigenvalue weighted by Crippen LogP contribution is -2.37. The molecule has 4 nitrogen and oxygen atoms in total. The maximum atomic E-state index is 12.8. The highest BCUT2D eigenvalue weighted by Gasteiger charge is 2.33. The molecule has 0 saturated heterocycles. The second-order valence-electron chi connectivity index (χ2n) is 6.17. The zero-order valence-corrected chi connectivity index (χ0v) is 13.2. The number of carbonyl (C=O) groups excluding carboxylic acids is 1. The Morgan fingerprint density at radius 1 is 1.13 bits per heavy atom. The first-order chi connectivity index (χ1) is 11.3. The van der Waals surface area contributed by atoms with Crippen molar-refractivity contribution in [2.75, 3.05) is 6.54 Å². The second kappa shape index (κ2) is 7.38. The second-order valence-corrected chi connectivity index (χ2v) is 6.17. The van der Waals surface area contributed by atoms with E-state index in [0.29, 0.717) is 12.5 Å². The van der Waals surface area contributed by atoms with Gasteiger partial charge in [-0.3, -0.25) is 9.78 Å². The van der Waals surface area contributed by atoms with Crippen LogP contribution in [0.25, 0.3) is 0 Å². The van der Waals surface area contributed by atoms with E-state index in [0.717, 1.165) is 30.4 Å². The van der Waals surface area contributed by atoms with Crippen LogP contribution in [0.2, 0.25) is 0 Å². The normalized spacial score (nSPS) is 21.8. The molecular formula is C19H23N3O. The van der Waals surface area contributed by atoms with Crippen LogP contribution in [0.15, 0.2) is 54.9 Å². The summed E-state index contributed by atoms with van der Waals surface area (Å²) in [6.45, 7) is 0.587. The minimum Gasteiger partial charge on any atom is -0.345 e. The molecule has 2 aromatic rings. The van der Waals surface area contributed by atoms with E-state index in [-0.39, 0.29) is 17.9 Å². The summed E-state index contributed by atoms with van der Waals surface area (Å²) in [5.74, 6) is 0.459. The third kappa shape index (κ3) is 3.59. The lowest BCUT2D eigenvalue weighted by molar-refractivity contribution is -0.126. The Hall–Kier alpha value is -2.20. The first kappa shape index (κ1) is 15.7. The number of amides is 1.